The number of carbonyl (C=O) groups excluding carboxylic acids is 2. The number of aryl methyl sites for hydroxylation is 2. The molecule has 262 valence electrons. The topological polar surface area (TPSA) is 129 Å². The lowest BCUT2D eigenvalue weighted by atomic mass is 10.1. The second-order valence-corrected chi connectivity index (χ2v) is 12.2. The van der Waals surface area contributed by atoms with E-state index in [9.17, 15) is 22.9 Å². The molecule has 0 atom stereocenters. The van der Waals surface area contributed by atoms with Gasteiger partial charge in [-0.05, 0) is 109 Å². The van der Waals surface area contributed by atoms with E-state index in [4.69, 9.17) is 9.05 Å². The molecule has 0 saturated heterocycles. The van der Waals surface area contributed by atoms with E-state index in [1.807, 2.05) is 0 Å². The van der Waals surface area contributed by atoms with Crippen LogP contribution >= 0.6 is 8.25 Å². The van der Waals surface area contributed by atoms with E-state index < -0.39 is 8.25 Å². The Morgan fingerprint density at radius 3 is 1.35 bits per heavy atom. The lowest BCUT2D eigenvalue weighted by Crippen LogP contribution is -2.07. The Balaban J connectivity index is 0.974. The molecule has 2 amide bonds. The van der Waals surface area contributed by atoms with Crippen LogP contribution in [0, 0.1) is 11.6 Å². The Bertz CT molecular complexity index is 2120. The second kappa shape index (κ2) is 16.0. The van der Waals surface area contributed by atoms with E-state index in [0.717, 1.165) is 22.5 Å². The molecule has 2 heterocycles. The van der Waals surface area contributed by atoms with Crippen molar-refractivity contribution < 1.29 is 32.0 Å². The fourth-order valence-electron chi connectivity index (χ4n) is 5.20. The smallest absolute Gasteiger partial charge is 0.418 e. The molecule has 0 radical (unpaired) electrons. The van der Waals surface area contributed by atoms with Gasteiger partial charge >= 0.3 is 8.25 Å². The van der Waals surface area contributed by atoms with Gasteiger partial charge in [-0.1, -0.05) is 0 Å². The van der Waals surface area contributed by atoms with Gasteiger partial charge < -0.3 is 19.7 Å². The minimum atomic E-state index is -3.00. The summed E-state index contributed by atoms with van der Waals surface area (Å²) in [6.45, 7) is 0. The third kappa shape index (κ3) is 8.95. The average Bonchev–Trinajstić information content (AvgIpc) is 3.69. The molecule has 0 fully saturated rings. The fraction of sp³-hybridized carbons (Fsp3) is 0.0526. The molecule has 6 aromatic rings. The number of nitrogens with zero attached hydrogens (tertiary/aromatic N) is 4. The Morgan fingerprint density at radius 1 is 0.615 bits per heavy atom. The molecule has 11 nitrogen and oxygen atoms in total. The van der Waals surface area contributed by atoms with Crippen LogP contribution in [0.1, 0.15) is 11.1 Å². The summed E-state index contributed by atoms with van der Waals surface area (Å²) < 4.78 is 53.5. The van der Waals surface area contributed by atoms with Crippen LogP contribution in [-0.4, -0.2) is 31.4 Å². The van der Waals surface area contributed by atoms with E-state index >= 15 is 0 Å². The average molecular weight is 721 g/mol. The highest BCUT2D eigenvalue weighted by molar-refractivity contribution is 7.34. The molecule has 0 aliphatic rings. The first-order valence-corrected chi connectivity index (χ1v) is 17.0. The molecule has 4 aromatic carbocycles. The van der Waals surface area contributed by atoms with Crippen molar-refractivity contribution in [2.45, 2.75) is 0 Å². The van der Waals surface area contributed by atoms with Crippen LogP contribution in [0.15, 0.2) is 122 Å². The first kappa shape index (κ1) is 35.2. The third-order valence-corrected chi connectivity index (χ3v) is 8.45. The highest BCUT2D eigenvalue weighted by Gasteiger charge is 2.12. The van der Waals surface area contributed by atoms with Gasteiger partial charge in [0, 0.05) is 59.9 Å². The van der Waals surface area contributed by atoms with Crippen LogP contribution in [-0.2, 0) is 28.2 Å². The molecule has 0 aliphatic heterocycles. The van der Waals surface area contributed by atoms with Crippen LogP contribution < -0.4 is 19.7 Å². The van der Waals surface area contributed by atoms with Gasteiger partial charge in [0.25, 0.3) is 0 Å². The van der Waals surface area contributed by atoms with Crippen molar-refractivity contribution in [2.24, 2.45) is 14.1 Å². The van der Waals surface area contributed by atoms with Crippen molar-refractivity contribution in [2.75, 3.05) is 10.6 Å². The fourth-order valence-corrected chi connectivity index (χ4v) is 5.90. The second-order valence-electron chi connectivity index (χ2n) is 11.3. The molecule has 0 unspecified atom stereocenters. The quantitative estimate of drug-likeness (QED) is 0.0971. The van der Waals surface area contributed by atoms with Crippen molar-refractivity contribution in [3.05, 3.63) is 144 Å². The Morgan fingerprint density at radius 2 is 0.981 bits per heavy atom. The van der Waals surface area contributed by atoms with Crippen LogP contribution in [0.5, 0.6) is 11.5 Å². The van der Waals surface area contributed by atoms with Crippen molar-refractivity contribution in [3.8, 4) is 34.0 Å². The summed E-state index contributed by atoms with van der Waals surface area (Å²) in [7, 11) is 0.520. The van der Waals surface area contributed by atoms with Gasteiger partial charge in [-0.25, -0.2) is 13.3 Å². The van der Waals surface area contributed by atoms with E-state index in [-0.39, 0.29) is 34.9 Å². The number of hydrogen-bond acceptors (Lipinski definition) is 7. The number of halogens is 2. The molecule has 2 N–H and O–H groups in total. The van der Waals surface area contributed by atoms with Gasteiger partial charge in [-0.3, -0.25) is 19.0 Å². The highest BCUT2D eigenvalue weighted by Crippen LogP contribution is 2.32. The number of rotatable bonds is 12. The maximum absolute atomic E-state index is 13.4. The van der Waals surface area contributed by atoms with Gasteiger partial charge in [0.1, 0.15) is 23.1 Å². The lowest BCUT2D eigenvalue weighted by Gasteiger charge is -2.10. The molecule has 0 spiro atoms. The van der Waals surface area contributed by atoms with Crippen molar-refractivity contribution in [3.63, 3.8) is 0 Å². The Labute approximate surface area is 297 Å². The standard InChI is InChI=1S/C38H31F2N6O5P/c1-45-37(25-3-9-29(39)10-4-25)27(23-41-45)7-21-35(47)43-31-13-17-33(18-14-31)50-52(49)51-34-19-15-32(16-20-34)44-36(48)22-8-28-24-42-46(2)38(28)26-5-11-30(40)12-6-26/h3-24,52H,1-2H3,(H,43,47)(H,44,48)/b21-7+,22-8+. The molecule has 0 aliphatic carbocycles. The molecule has 6 rings (SSSR count). The van der Waals surface area contributed by atoms with Crippen LogP contribution in [0.4, 0.5) is 20.2 Å². The summed E-state index contributed by atoms with van der Waals surface area (Å²) in [5, 5.41) is 14.0. The zero-order chi connectivity index (χ0) is 36.6. The van der Waals surface area contributed by atoms with E-state index in [1.54, 1.807) is 121 Å². The highest BCUT2D eigenvalue weighted by atomic mass is 31.1. The largest absolute Gasteiger partial charge is 0.418 e. The SMILES string of the molecule is Cn1ncc(/C=C/C(=O)Nc2ccc(O[PH](=O)Oc3ccc(NC(=O)/C=C/c4cnn(C)c4-c4ccc(F)cc4)cc3)cc2)c1-c1ccc(F)cc1. The Hall–Kier alpha value is -6.59. The number of anilines is 2. The van der Waals surface area contributed by atoms with Crippen LogP contribution in [0.2, 0.25) is 0 Å². The number of aromatic nitrogens is 4. The van der Waals surface area contributed by atoms with E-state index in [0.29, 0.717) is 22.5 Å². The van der Waals surface area contributed by atoms with Gasteiger partial charge in [-0.15, -0.1) is 0 Å². The van der Waals surface area contributed by atoms with Gasteiger partial charge in [0.15, 0.2) is 0 Å². The summed E-state index contributed by atoms with van der Waals surface area (Å²) in [6, 6.07) is 24.5. The Kier molecular flexibility index (Phi) is 10.8. The first-order chi connectivity index (χ1) is 25.1. The van der Waals surface area contributed by atoms with Gasteiger partial charge in [0.2, 0.25) is 11.8 Å². The third-order valence-electron chi connectivity index (χ3n) is 7.64. The summed E-state index contributed by atoms with van der Waals surface area (Å²) in [5.74, 6) is -0.936. The maximum atomic E-state index is 13.4. The van der Waals surface area contributed by atoms with Crippen molar-refractivity contribution in [1.29, 1.82) is 0 Å². The number of amides is 2. The minimum Gasteiger partial charge on any atom is -0.418 e. The lowest BCUT2D eigenvalue weighted by molar-refractivity contribution is -0.112. The summed E-state index contributed by atoms with van der Waals surface area (Å²) in [5.41, 5.74) is 5.31. The van der Waals surface area contributed by atoms with Gasteiger partial charge in [0.05, 0.1) is 23.8 Å². The predicted octanol–water partition coefficient (Wildman–Crippen LogP) is 7.92. The summed E-state index contributed by atoms with van der Waals surface area (Å²) in [6.07, 6.45) is 9.20. The molecule has 2 aromatic heterocycles. The zero-order valence-electron chi connectivity index (χ0n) is 27.8. The van der Waals surface area contributed by atoms with Gasteiger partial charge in [-0.2, -0.15) is 10.2 Å². The maximum Gasteiger partial charge on any atom is 0.418 e. The predicted molar refractivity (Wildman–Crippen MR) is 196 cm³/mol. The monoisotopic (exact) mass is 720 g/mol. The minimum absolute atomic E-state index is 0.267. The van der Waals surface area contributed by atoms with Crippen molar-refractivity contribution >= 4 is 43.6 Å². The van der Waals surface area contributed by atoms with Crippen LogP contribution in [0.3, 0.4) is 0 Å². The normalized spacial score (nSPS) is 11.3. The molecule has 52 heavy (non-hydrogen) atoms. The number of hydrogen-bond donors (Lipinski definition) is 2. The molecule has 0 bridgehead atoms. The zero-order valence-corrected chi connectivity index (χ0v) is 28.8. The molecule has 0 saturated carbocycles. The van der Waals surface area contributed by atoms with Crippen LogP contribution in [0.25, 0.3) is 34.7 Å². The van der Waals surface area contributed by atoms with E-state index in [1.165, 1.54) is 36.4 Å². The number of nitrogens with one attached hydrogen (secondary N) is 2. The summed E-state index contributed by atoms with van der Waals surface area (Å²) >= 11 is 0. The summed E-state index contributed by atoms with van der Waals surface area (Å²) in [4.78, 5) is 25.2. The van der Waals surface area contributed by atoms with E-state index in [2.05, 4.69) is 20.8 Å². The first-order valence-electron chi connectivity index (χ1n) is 15.7. The molecular weight excluding hydrogens is 689 g/mol. The molecule has 14 heteroatoms. The number of benzene rings is 4. The number of carbonyl (C=O) groups is 2. The van der Waals surface area contributed by atoms with Crippen molar-refractivity contribution in [1.82, 2.24) is 19.6 Å². The molecular formula is C38H31F2N6O5P.